The number of aliphatic hydroxyl groups excluding tert-OH is 1. The number of hydrogen-bond acceptors (Lipinski definition) is 5. The van der Waals surface area contributed by atoms with Crippen molar-refractivity contribution < 1.29 is 9.52 Å². The molecule has 3 aromatic rings. The number of aryl methyl sites for hydroxylation is 1. The van der Waals surface area contributed by atoms with E-state index in [0.717, 1.165) is 18.8 Å². The lowest BCUT2D eigenvalue weighted by Crippen LogP contribution is -2.21. The number of pyridine rings is 1. The summed E-state index contributed by atoms with van der Waals surface area (Å²) in [6.07, 6.45) is 3.64. The zero-order valence-corrected chi connectivity index (χ0v) is 13.9. The van der Waals surface area contributed by atoms with E-state index in [-0.39, 0.29) is 6.61 Å². The van der Waals surface area contributed by atoms with Gasteiger partial charge in [-0.25, -0.2) is 0 Å². The summed E-state index contributed by atoms with van der Waals surface area (Å²) in [5, 5.41) is 9.15. The molecule has 120 valence electrons. The fraction of sp³-hybridized carbons (Fsp3) is 0.278. The first kappa shape index (κ1) is 15.9. The Kier molecular flexibility index (Phi) is 5.23. The number of aromatic nitrogens is 1. The van der Waals surface area contributed by atoms with E-state index in [1.807, 2.05) is 48.0 Å². The Morgan fingerprint density at radius 3 is 2.43 bits per heavy atom. The second-order valence-electron chi connectivity index (χ2n) is 5.54. The van der Waals surface area contributed by atoms with Gasteiger partial charge in [-0.05, 0) is 48.9 Å². The minimum absolute atomic E-state index is 0.0610. The van der Waals surface area contributed by atoms with Crippen molar-refractivity contribution in [2.75, 3.05) is 0 Å². The molecule has 0 aliphatic carbocycles. The van der Waals surface area contributed by atoms with Gasteiger partial charge in [0.15, 0.2) is 0 Å². The van der Waals surface area contributed by atoms with Crippen LogP contribution in [-0.2, 0) is 26.2 Å². The summed E-state index contributed by atoms with van der Waals surface area (Å²) >= 11 is 1.82. The summed E-state index contributed by atoms with van der Waals surface area (Å²) in [7, 11) is 0. The van der Waals surface area contributed by atoms with Gasteiger partial charge >= 0.3 is 0 Å². The predicted octanol–water partition coefficient (Wildman–Crippen LogP) is 3.74. The lowest BCUT2D eigenvalue weighted by molar-refractivity contribution is 0.210. The van der Waals surface area contributed by atoms with Gasteiger partial charge in [-0.3, -0.25) is 9.88 Å². The second-order valence-corrected chi connectivity index (χ2v) is 6.91. The first-order valence-corrected chi connectivity index (χ1v) is 8.39. The Morgan fingerprint density at radius 1 is 1.00 bits per heavy atom. The molecule has 0 amide bonds. The molecule has 1 N–H and O–H groups in total. The van der Waals surface area contributed by atoms with Crippen LogP contribution >= 0.6 is 11.3 Å². The van der Waals surface area contributed by atoms with Crippen LogP contribution in [0.2, 0.25) is 0 Å². The van der Waals surface area contributed by atoms with Gasteiger partial charge < -0.3 is 9.52 Å². The summed E-state index contributed by atoms with van der Waals surface area (Å²) in [6.45, 7) is 4.47. The molecule has 0 unspecified atom stereocenters. The van der Waals surface area contributed by atoms with Gasteiger partial charge in [-0.1, -0.05) is 0 Å². The SMILES string of the molecule is Cc1ccc(CN(Cc2ccncc2)Cc2ccc(CO)o2)s1. The molecule has 3 rings (SSSR count). The summed E-state index contributed by atoms with van der Waals surface area (Å²) in [5.74, 6) is 1.48. The van der Waals surface area contributed by atoms with Crippen LogP contribution in [0.5, 0.6) is 0 Å². The standard InChI is InChI=1S/C18H20N2O2S/c1-14-2-5-18(23-14)12-20(10-15-6-8-19-9-7-15)11-16-3-4-17(13-21)22-16/h2-9,21H,10-13H2,1H3. The molecule has 0 spiro atoms. The highest BCUT2D eigenvalue weighted by molar-refractivity contribution is 7.11. The number of thiophene rings is 1. The van der Waals surface area contributed by atoms with E-state index in [4.69, 9.17) is 9.52 Å². The van der Waals surface area contributed by atoms with Crippen LogP contribution in [0.15, 0.2) is 53.2 Å². The number of hydrogen-bond donors (Lipinski definition) is 1. The van der Waals surface area contributed by atoms with Gasteiger partial charge in [0.25, 0.3) is 0 Å². The molecule has 0 aliphatic heterocycles. The smallest absolute Gasteiger partial charge is 0.129 e. The predicted molar refractivity (Wildman–Crippen MR) is 90.9 cm³/mol. The third-order valence-corrected chi connectivity index (χ3v) is 4.57. The van der Waals surface area contributed by atoms with Crippen molar-refractivity contribution in [3.05, 3.63) is 75.6 Å². The molecule has 3 heterocycles. The Labute approximate surface area is 140 Å². The van der Waals surface area contributed by atoms with Crippen molar-refractivity contribution in [3.63, 3.8) is 0 Å². The number of aliphatic hydroxyl groups is 1. The van der Waals surface area contributed by atoms with Gasteiger partial charge in [-0.2, -0.15) is 0 Å². The molecule has 23 heavy (non-hydrogen) atoms. The summed E-state index contributed by atoms with van der Waals surface area (Å²) in [4.78, 5) is 9.07. The largest absolute Gasteiger partial charge is 0.462 e. The molecule has 0 atom stereocenters. The monoisotopic (exact) mass is 328 g/mol. The normalized spacial score (nSPS) is 11.3. The molecule has 0 fully saturated rings. The van der Waals surface area contributed by atoms with Crippen LogP contribution in [0.3, 0.4) is 0 Å². The maximum atomic E-state index is 9.15. The van der Waals surface area contributed by atoms with Crippen LogP contribution in [0.25, 0.3) is 0 Å². The summed E-state index contributed by atoms with van der Waals surface area (Å²) < 4.78 is 5.64. The van der Waals surface area contributed by atoms with E-state index in [2.05, 4.69) is 28.9 Å². The quantitative estimate of drug-likeness (QED) is 0.718. The van der Waals surface area contributed by atoms with E-state index < -0.39 is 0 Å². The molecule has 3 aromatic heterocycles. The van der Waals surface area contributed by atoms with Gasteiger partial charge in [0.05, 0.1) is 6.54 Å². The van der Waals surface area contributed by atoms with Crippen LogP contribution in [0.4, 0.5) is 0 Å². The lowest BCUT2D eigenvalue weighted by Gasteiger charge is -2.20. The Balaban J connectivity index is 1.74. The first-order chi connectivity index (χ1) is 11.2. The highest BCUT2D eigenvalue weighted by Gasteiger charge is 2.12. The third-order valence-electron chi connectivity index (χ3n) is 3.58. The minimum atomic E-state index is -0.0610. The zero-order chi connectivity index (χ0) is 16.1. The van der Waals surface area contributed by atoms with Crippen molar-refractivity contribution in [2.45, 2.75) is 33.2 Å². The van der Waals surface area contributed by atoms with Gasteiger partial charge in [0, 0.05) is 35.2 Å². The van der Waals surface area contributed by atoms with Crippen molar-refractivity contribution in [1.29, 1.82) is 0 Å². The lowest BCUT2D eigenvalue weighted by atomic mass is 10.2. The van der Waals surface area contributed by atoms with E-state index in [1.165, 1.54) is 15.3 Å². The zero-order valence-electron chi connectivity index (χ0n) is 13.1. The highest BCUT2D eigenvalue weighted by Crippen LogP contribution is 2.20. The topological polar surface area (TPSA) is 49.5 Å². The summed E-state index contributed by atoms with van der Waals surface area (Å²) in [6, 6.07) is 12.2. The maximum absolute atomic E-state index is 9.15. The van der Waals surface area contributed by atoms with Crippen LogP contribution < -0.4 is 0 Å². The van der Waals surface area contributed by atoms with E-state index in [9.17, 15) is 0 Å². The first-order valence-electron chi connectivity index (χ1n) is 7.58. The fourth-order valence-electron chi connectivity index (χ4n) is 2.52. The Hall–Kier alpha value is -1.95. The van der Waals surface area contributed by atoms with Crippen molar-refractivity contribution >= 4 is 11.3 Å². The van der Waals surface area contributed by atoms with Gasteiger partial charge in [-0.15, -0.1) is 11.3 Å². The molecular formula is C18H20N2O2S. The van der Waals surface area contributed by atoms with Crippen molar-refractivity contribution in [2.24, 2.45) is 0 Å². The molecule has 0 aromatic carbocycles. The van der Waals surface area contributed by atoms with E-state index >= 15 is 0 Å². The average Bonchev–Trinajstić information content (AvgIpc) is 3.17. The van der Waals surface area contributed by atoms with Crippen LogP contribution in [0, 0.1) is 6.92 Å². The number of furan rings is 1. The molecule has 0 saturated heterocycles. The number of rotatable bonds is 7. The fourth-order valence-corrected chi connectivity index (χ4v) is 3.45. The van der Waals surface area contributed by atoms with Crippen LogP contribution in [0.1, 0.15) is 26.8 Å². The maximum Gasteiger partial charge on any atom is 0.129 e. The van der Waals surface area contributed by atoms with Crippen molar-refractivity contribution in [3.8, 4) is 0 Å². The van der Waals surface area contributed by atoms with Crippen LogP contribution in [-0.4, -0.2) is 15.0 Å². The Bertz CT molecular complexity index is 736. The van der Waals surface area contributed by atoms with E-state index in [1.54, 1.807) is 0 Å². The van der Waals surface area contributed by atoms with E-state index in [0.29, 0.717) is 12.3 Å². The Morgan fingerprint density at radius 2 is 1.78 bits per heavy atom. The third kappa shape index (κ3) is 4.51. The molecule has 0 saturated carbocycles. The molecule has 0 bridgehead atoms. The van der Waals surface area contributed by atoms with Gasteiger partial charge in [0.1, 0.15) is 18.1 Å². The summed E-state index contributed by atoms with van der Waals surface area (Å²) in [5.41, 5.74) is 1.22. The molecule has 0 aliphatic rings. The highest BCUT2D eigenvalue weighted by atomic mass is 32.1. The molecular weight excluding hydrogens is 308 g/mol. The van der Waals surface area contributed by atoms with Crippen molar-refractivity contribution in [1.82, 2.24) is 9.88 Å². The minimum Gasteiger partial charge on any atom is -0.462 e. The molecule has 4 nitrogen and oxygen atoms in total. The number of nitrogens with zero attached hydrogens (tertiary/aromatic N) is 2. The second kappa shape index (κ2) is 7.55. The van der Waals surface area contributed by atoms with Gasteiger partial charge in [0.2, 0.25) is 0 Å². The molecule has 0 radical (unpaired) electrons. The molecule has 5 heteroatoms. The average molecular weight is 328 g/mol.